The lowest BCUT2D eigenvalue weighted by Crippen LogP contribution is -2.56. The van der Waals surface area contributed by atoms with Crippen molar-refractivity contribution in [2.24, 2.45) is 0 Å². The molecule has 0 unspecified atom stereocenters. The lowest BCUT2D eigenvalue weighted by molar-refractivity contribution is -0.0502. The monoisotopic (exact) mass is 467 g/mol. The fourth-order valence-electron chi connectivity index (χ4n) is 4.48. The first-order valence-electron chi connectivity index (χ1n) is 10.9. The molecule has 1 aromatic carbocycles. The first-order valence-corrected chi connectivity index (χ1v) is 10.9. The molecular weight excluding hydrogens is 444 g/mol. The molecule has 1 aliphatic heterocycles. The second kappa shape index (κ2) is 8.25. The van der Waals surface area contributed by atoms with Crippen LogP contribution in [0.15, 0.2) is 36.7 Å². The Kier molecular flexibility index (Phi) is 5.37. The molecule has 1 saturated heterocycles. The number of carbonyl (C=O) groups excluding carboxylic acids is 1. The van der Waals surface area contributed by atoms with Crippen molar-refractivity contribution >= 4 is 11.6 Å². The van der Waals surface area contributed by atoms with Gasteiger partial charge in [0.1, 0.15) is 28.1 Å². The second-order valence-electron chi connectivity index (χ2n) is 8.83. The van der Waals surface area contributed by atoms with Gasteiger partial charge in [0.15, 0.2) is 0 Å². The quantitative estimate of drug-likeness (QED) is 0.574. The Labute approximate surface area is 194 Å². The van der Waals surface area contributed by atoms with Gasteiger partial charge in [0.25, 0.3) is 5.91 Å². The fourth-order valence-corrected chi connectivity index (χ4v) is 4.48. The number of likely N-dealkylation sites (N-methyl/N-ethyl adjacent to an activating group) is 1. The summed E-state index contributed by atoms with van der Waals surface area (Å²) in [7, 11) is 3.33. The van der Waals surface area contributed by atoms with E-state index in [0.29, 0.717) is 30.0 Å². The Morgan fingerprint density at radius 3 is 2.65 bits per heavy atom. The number of fused-ring (bicyclic) bond motifs is 1. The SMILES string of the molecule is COc1cc(-c2cnc3cc(C4(C#N)CN(C)C4)ccn23)cc(OC(F)F)c1C(=O)NC1CC1. The number of nitrogens with zero attached hydrogens (tertiary/aromatic N) is 4. The number of halogens is 2. The van der Waals surface area contributed by atoms with Crippen molar-refractivity contribution in [1.29, 1.82) is 5.26 Å². The average Bonchev–Trinajstić information content (AvgIpc) is 3.50. The Morgan fingerprint density at radius 2 is 2.03 bits per heavy atom. The number of hydrogen-bond acceptors (Lipinski definition) is 6. The Morgan fingerprint density at radius 1 is 1.29 bits per heavy atom. The summed E-state index contributed by atoms with van der Waals surface area (Å²) >= 11 is 0. The molecule has 34 heavy (non-hydrogen) atoms. The van der Waals surface area contributed by atoms with E-state index in [1.165, 1.54) is 13.2 Å². The number of nitrogens with one attached hydrogen (secondary N) is 1. The second-order valence-corrected chi connectivity index (χ2v) is 8.83. The maximum atomic E-state index is 13.2. The van der Waals surface area contributed by atoms with Crippen LogP contribution in [0.2, 0.25) is 0 Å². The van der Waals surface area contributed by atoms with Gasteiger partial charge in [0.2, 0.25) is 0 Å². The summed E-state index contributed by atoms with van der Waals surface area (Å²) in [6.07, 6.45) is 5.11. The highest BCUT2D eigenvalue weighted by molar-refractivity contribution is 6.01. The minimum Gasteiger partial charge on any atom is -0.496 e. The van der Waals surface area contributed by atoms with Crippen molar-refractivity contribution in [1.82, 2.24) is 19.6 Å². The number of ether oxygens (including phenoxy) is 2. The van der Waals surface area contributed by atoms with E-state index < -0.39 is 17.9 Å². The minimum absolute atomic E-state index is 0.0383. The van der Waals surface area contributed by atoms with Crippen LogP contribution in [0, 0.1) is 11.3 Å². The van der Waals surface area contributed by atoms with Crippen molar-refractivity contribution in [3.63, 3.8) is 0 Å². The van der Waals surface area contributed by atoms with Gasteiger partial charge in [0.05, 0.1) is 25.1 Å². The number of carbonyl (C=O) groups is 1. The number of likely N-dealkylation sites (tertiary alicyclic amines) is 1. The molecule has 3 aromatic rings. The van der Waals surface area contributed by atoms with E-state index in [1.54, 1.807) is 22.9 Å². The van der Waals surface area contributed by atoms with E-state index in [4.69, 9.17) is 9.47 Å². The first kappa shape index (κ1) is 22.1. The number of pyridine rings is 1. The molecule has 5 rings (SSSR count). The zero-order valence-electron chi connectivity index (χ0n) is 18.7. The predicted octanol–water partition coefficient (Wildman–Crippen LogP) is 3.21. The summed E-state index contributed by atoms with van der Waals surface area (Å²) in [6, 6.07) is 9.20. The largest absolute Gasteiger partial charge is 0.496 e. The van der Waals surface area contributed by atoms with Crippen molar-refractivity contribution < 1.29 is 23.0 Å². The highest BCUT2D eigenvalue weighted by atomic mass is 19.3. The number of nitriles is 1. The van der Waals surface area contributed by atoms with E-state index in [9.17, 15) is 18.8 Å². The van der Waals surface area contributed by atoms with Crippen LogP contribution in [-0.2, 0) is 5.41 Å². The lowest BCUT2D eigenvalue weighted by Gasteiger charge is -2.43. The Bertz CT molecular complexity index is 1310. The molecule has 1 amide bonds. The number of rotatable bonds is 7. The van der Waals surface area contributed by atoms with Gasteiger partial charge in [0, 0.05) is 30.9 Å². The van der Waals surface area contributed by atoms with Crippen molar-refractivity contribution in [2.45, 2.75) is 30.9 Å². The van der Waals surface area contributed by atoms with Crippen LogP contribution in [0.25, 0.3) is 16.9 Å². The molecular formula is C24H23F2N5O3. The standard InChI is InChI=1S/C24H23F2N5O3/c1-30-12-24(11-27,13-30)15-5-6-31-17(10-28-20(31)9-15)14-7-18(33-2)21(19(8-14)34-23(25)26)22(32)29-16-3-4-16/h5-10,16,23H,3-4,12-13H2,1-2H3,(H,29,32). The molecule has 8 nitrogen and oxygen atoms in total. The van der Waals surface area contributed by atoms with Crippen LogP contribution >= 0.6 is 0 Å². The van der Waals surface area contributed by atoms with Gasteiger partial charge >= 0.3 is 6.61 Å². The number of hydrogen-bond donors (Lipinski definition) is 1. The fraction of sp³-hybridized carbons (Fsp3) is 0.375. The molecule has 0 bridgehead atoms. The van der Waals surface area contributed by atoms with E-state index in [-0.39, 0.29) is 23.1 Å². The maximum Gasteiger partial charge on any atom is 0.387 e. The molecule has 1 aliphatic carbocycles. The smallest absolute Gasteiger partial charge is 0.387 e. The van der Waals surface area contributed by atoms with Gasteiger partial charge in [-0.3, -0.25) is 9.20 Å². The molecule has 0 spiro atoms. The van der Waals surface area contributed by atoms with E-state index in [2.05, 4.69) is 21.3 Å². The average molecular weight is 467 g/mol. The Hall–Kier alpha value is -3.71. The molecule has 176 valence electrons. The zero-order chi connectivity index (χ0) is 24.0. The van der Waals surface area contributed by atoms with Crippen LogP contribution in [0.3, 0.4) is 0 Å². The number of alkyl halides is 2. The molecule has 2 fully saturated rings. The summed E-state index contributed by atoms with van der Waals surface area (Å²) in [5, 5.41) is 12.5. The predicted molar refractivity (Wildman–Crippen MR) is 119 cm³/mol. The highest BCUT2D eigenvalue weighted by Gasteiger charge is 2.43. The molecule has 0 atom stereocenters. The molecule has 2 aromatic heterocycles. The van der Waals surface area contributed by atoms with Gasteiger partial charge in [-0.15, -0.1) is 0 Å². The summed E-state index contributed by atoms with van der Waals surface area (Å²) in [4.78, 5) is 19.3. The van der Waals surface area contributed by atoms with Crippen LogP contribution < -0.4 is 14.8 Å². The normalized spacial score (nSPS) is 17.3. The van der Waals surface area contributed by atoms with E-state index in [1.807, 2.05) is 19.2 Å². The Balaban J connectivity index is 1.57. The van der Waals surface area contributed by atoms with Gasteiger partial charge in [-0.1, -0.05) is 0 Å². The third kappa shape index (κ3) is 3.82. The van der Waals surface area contributed by atoms with Crippen molar-refractivity contribution in [3.8, 4) is 28.8 Å². The van der Waals surface area contributed by atoms with Gasteiger partial charge < -0.3 is 19.7 Å². The van der Waals surface area contributed by atoms with Gasteiger partial charge in [-0.25, -0.2) is 4.98 Å². The summed E-state index contributed by atoms with van der Waals surface area (Å²) in [5.74, 6) is -0.662. The number of aromatic nitrogens is 2. The molecule has 2 aliphatic rings. The lowest BCUT2D eigenvalue weighted by atomic mass is 9.76. The first-order chi connectivity index (χ1) is 16.3. The van der Waals surface area contributed by atoms with Gasteiger partial charge in [-0.2, -0.15) is 14.0 Å². The minimum atomic E-state index is -3.11. The summed E-state index contributed by atoms with van der Waals surface area (Å²) in [6.45, 7) is -1.83. The van der Waals surface area contributed by atoms with Gasteiger partial charge in [-0.05, 0) is 49.7 Å². The molecule has 3 heterocycles. The van der Waals surface area contributed by atoms with E-state index >= 15 is 0 Å². The van der Waals surface area contributed by atoms with Crippen LogP contribution in [0.4, 0.5) is 8.78 Å². The molecule has 0 radical (unpaired) electrons. The topological polar surface area (TPSA) is 91.9 Å². The molecule has 10 heteroatoms. The maximum absolute atomic E-state index is 13.2. The summed E-state index contributed by atoms with van der Waals surface area (Å²) < 4.78 is 38.3. The third-order valence-electron chi connectivity index (χ3n) is 6.30. The molecule has 1 N–H and O–H groups in total. The molecule has 1 saturated carbocycles. The van der Waals surface area contributed by atoms with Crippen LogP contribution in [0.1, 0.15) is 28.8 Å². The number of methoxy groups -OCH3 is 1. The number of imidazole rings is 1. The van der Waals surface area contributed by atoms with Crippen LogP contribution in [-0.4, -0.2) is 60.1 Å². The van der Waals surface area contributed by atoms with Crippen LogP contribution in [0.5, 0.6) is 11.5 Å². The summed E-state index contributed by atoms with van der Waals surface area (Å²) in [5.41, 5.74) is 1.95. The third-order valence-corrected chi connectivity index (χ3v) is 6.30. The highest BCUT2D eigenvalue weighted by Crippen LogP contribution is 2.38. The number of amides is 1. The van der Waals surface area contributed by atoms with E-state index in [0.717, 1.165) is 18.4 Å². The van der Waals surface area contributed by atoms with Crippen molar-refractivity contribution in [3.05, 3.63) is 47.8 Å². The zero-order valence-corrected chi connectivity index (χ0v) is 18.7. The number of benzene rings is 1. The van der Waals surface area contributed by atoms with Crippen molar-refractivity contribution in [2.75, 3.05) is 27.2 Å².